The Kier molecular flexibility index (Phi) is 4.87. The normalized spacial score (nSPS) is 25.8. The summed E-state index contributed by atoms with van der Waals surface area (Å²) in [7, 11) is 0. The Bertz CT molecular complexity index is 416. The highest BCUT2D eigenvalue weighted by Gasteiger charge is 2.31. The maximum Gasteiger partial charge on any atom is 0.0834 e. The largest absolute Gasteiger partial charge is 0.271 e. The van der Waals surface area contributed by atoms with Gasteiger partial charge in [0.25, 0.3) is 0 Å². The fourth-order valence-corrected chi connectivity index (χ4v) is 3.52. The van der Waals surface area contributed by atoms with Gasteiger partial charge in [0.15, 0.2) is 0 Å². The highest BCUT2D eigenvalue weighted by molar-refractivity contribution is 6.31. The van der Waals surface area contributed by atoms with Crippen molar-refractivity contribution in [3.63, 3.8) is 0 Å². The van der Waals surface area contributed by atoms with Crippen molar-refractivity contribution in [3.05, 3.63) is 16.9 Å². The molecule has 1 aliphatic carbocycles. The van der Waals surface area contributed by atoms with Gasteiger partial charge in [-0.05, 0) is 38.5 Å². The minimum Gasteiger partial charge on any atom is -0.271 e. The van der Waals surface area contributed by atoms with Crippen LogP contribution in [-0.4, -0.2) is 9.78 Å². The molecule has 1 saturated carbocycles. The van der Waals surface area contributed by atoms with Gasteiger partial charge in [0.1, 0.15) is 0 Å². The molecule has 0 amide bonds. The molecule has 2 rings (SSSR count). The molecule has 1 aromatic heterocycles. The summed E-state index contributed by atoms with van der Waals surface area (Å²) in [6.45, 7) is 6.55. The Labute approximate surface area is 120 Å². The number of hydrazine groups is 1. The molecule has 19 heavy (non-hydrogen) atoms. The second kappa shape index (κ2) is 6.25. The molecule has 0 bridgehead atoms. The Morgan fingerprint density at radius 2 is 2.21 bits per heavy atom. The van der Waals surface area contributed by atoms with Gasteiger partial charge in [-0.1, -0.05) is 31.4 Å². The summed E-state index contributed by atoms with van der Waals surface area (Å²) in [5.41, 5.74) is 4.03. The molecule has 0 aromatic carbocycles. The standard InChI is InChI=1S/C14H25ClN4/c1-9(2)19-14(12(15)8-17-19)13(18-16)11-6-4-5-10(3)7-11/h8-11,13,18H,4-7,16H2,1-3H3. The van der Waals surface area contributed by atoms with Crippen LogP contribution in [0.5, 0.6) is 0 Å². The first-order valence-corrected chi connectivity index (χ1v) is 7.61. The Morgan fingerprint density at radius 3 is 2.79 bits per heavy atom. The molecular weight excluding hydrogens is 260 g/mol. The molecule has 3 N–H and O–H groups in total. The van der Waals surface area contributed by atoms with E-state index in [9.17, 15) is 0 Å². The Hall–Kier alpha value is -0.580. The molecule has 3 unspecified atom stereocenters. The van der Waals surface area contributed by atoms with Crippen LogP contribution < -0.4 is 11.3 Å². The van der Waals surface area contributed by atoms with Crippen molar-refractivity contribution in [1.82, 2.24) is 15.2 Å². The molecule has 0 radical (unpaired) electrons. The van der Waals surface area contributed by atoms with Gasteiger partial charge in [0.2, 0.25) is 0 Å². The SMILES string of the molecule is CC1CCCC(C(NN)c2c(Cl)cnn2C(C)C)C1. The van der Waals surface area contributed by atoms with Gasteiger partial charge in [-0.25, -0.2) is 0 Å². The fraction of sp³-hybridized carbons (Fsp3) is 0.786. The smallest absolute Gasteiger partial charge is 0.0834 e. The minimum atomic E-state index is 0.0974. The summed E-state index contributed by atoms with van der Waals surface area (Å²) in [6, 6.07) is 0.388. The highest BCUT2D eigenvalue weighted by atomic mass is 35.5. The number of nitrogens with two attached hydrogens (primary N) is 1. The number of halogens is 1. The van der Waals surface area contributed by atoms with E-state index in [2.05, 4.69) is 31.3 Å². The highest BCUT2D eigenvalue weighted by Crippen LogP contribution is 2.39. The second-order valence-corrected chi connectivity index (χ2v) is 6.50. The molecule has 5 heteroatoms. The lowest BCUT2D eigenvalue weighted by Crippen LogP contribution is -2.37. The van der Waals surface area contributed by atoms with E-state index < -0.39 is 0 Å². The lowest BCUT2D eigenvalue weighted by atomic mass is 9.78. The Morgan fingerprint density at radius 1 is 1.47 bits per heavy atom. The third-order valence-corrected chi connectivity index (χ3v) is 4.49. The van der Waals surface area contributed by atoms with Crippen molar-refractivity contribution in [2.75, 3.05) is 0 Å². The van der Waals surface area contributed by atoms with Crippen molar-refractivity contribution < 1.29 is 0 Å². The van der Waals surface area contributed by atoms with Crippen molar-refractivity contribution >= 4 is 11.6 Å². The van der Waals surface area contributed by atoms with Crippen LogP contribution in [0.25, 0.3) is 0 Å². The monoisotopic (exact) mass is 284 g/mol. The van der Waals surface area contributed by atoms with Crippen molar-refractivity contribution in [2.24, 2.45) is 17.7 Å². The molecule has 0 saturated heterocycles. The Balaban J connectivity index is 2.28. The van der Waals surface area contributed by atoms with Crippen molar-refractivity contribution in [1.29, 1.82) is 0 Å². The van der Waals surface area contributed by atoms with Crippen LogP contribution in [0.15, 0.2) is 6.20 Å². The van der Waals surface area contributed by atoms with Gasteiger partial charge in [0.05, 0.1) is 23.0 Å². The van der Waals surface area contributed by atoms with Crippen LogP contribution in [0.4, 0.5) is 0 Å². The first-order valence-electron chi connectivity index (χ1n) is 7.23. The summed E-state index contributed by atoms with van der Waals surface area (Å²) in [6.07, 6.45) is 6.74. The number of rotatable bonds is 4. The molecule has 108 valence electrons. The molecule has 4 nitrogen and oxygen atoms in total. The number of nitrogens with one attached hydrogen (secondary N) is 1. The summed E-state index contributed by atoms with van der Waals surface area (Å²) in [4.78, 5) is 0. The molecular formula is C14H25ClN4. The van der Waals surface area contributed by atoms with E-state index in [0.29, 0.717) is 12.0 Å². The van der Waals surface area contributed by atoms with E-state index in [1.807, 2.05) is 4.68 Å². The second-order valence-electron chi connectivity index (χ2n) is 6.09. The summed E-state index contributed by atoms with van der Waals surface area (Å²) in [5, 5.41) is 5.10. The van der Waals surface area contributed by atoms with E-state index >= 15 is 0 Å². The number of hydrogen-bond donors (Lipinski definition) is 2. The minimum absolute atomic E-state index is 0.0974. The third-order valence-electron chi connectivity index (χ3n) is 4.20. The third kappa shape index (κ3) is 3.12. The van der Waals surface area contributed by atoms with E-state index in [4.69, 9.17) is 17.4 Å². The van der Waals surface area contributed by atoms with Gasteiger partial charge in [-0.15, -0.1) is 0 Å². The van der Waals surface area contributed by atoms with Crippen LogP contribution >= 0.6 is 11.6 Å². The molecule has 1 fully saturated rings. The lowest BCUT2D eigenvalue weighted by molar-refractivity contribution is 0.216. The van der Waals surface area contributed by atoms with E-state index in [1.54, 1.807) is 6.20 Å². The molecule has 1 aliphatic rings. The van der Waals surface area contributed by atoms with Crippen LogP contribution in [0.1, 0.15) is 64.2 Å². The van der Waals surface area contributed by atoms with Crippen molar-refractivity contribution in [3.8, 4) is 0 Å². The lowest BCUT2D eigenvalue weighted by Gasteiger charge is -2.33. The predicted octanol–water partition coefficient (Wildman–Crippen LogP) is 3.45. The van der Waals surface area contributed by atoms with E-state index in [-0.39, 0.29) is 6.04 Å². The van der Waals surface area contributed by atoms with Crippen LogP contribution in [0.2, 0.25) is 5.02 Å². The summed E-state index contributed by atoms with van der Waals surface area (Å²) in [5.74, 6) is 7.14. The first kappa shape index (κ1) is 14.8. The van der Waals surface area contributed by atoms with Crippen LogP contribution in [0, 0.1) is 11.8 Å². The van der Waals surface area contributed by atoms with Gasteiger partial charge in [-0.3, -0.25) is 16.0 Å². The summed E-state index contributed by atoms with van der Waals surface area (Å²) < 4.78 is 1.99. The number of aromatic nitrogens is 2. The number of nitrogens with zero attached hydrogens (tertiary/aromatic N) is 2. The van der Waals surface area contributed by atoms with Gasteiger partial charge in [0, 0.05) is 6.04 Å². The maximum atomic E-state index is 6.34. The molecule has 1 heterocycles. The molecule has 0 spiro atoms. The average molecular weight is 285 g/mol. The van der Waals surface area contributed by atoms with Crippen LogP contribution in [0.3, 0.4) is 0 Å². The van der Waals surface area contributed by atoms with Crippen LogP contribution in [-0.2, 0) is 0 Å². The fourth-order valence-electron chi connectivity index (χ4n) is 3.28. The number of hydrogen-bond acceptors (Lipinski definition) is 3. The van der Waals surface area contributed by atoms with Gasteiger partial charge >= 0.3 is 0 Å². The zero-order valence-electron chi connectivity index (χ0n) is 12.1. The quantitative estimate of drug-likeness (QED) is 0.658. The van der Waals surface area contributed by atoms with E-state index in [1.165, 1.54) is 25.7 Å². The predicted molar refractivity (Wildman–Crippen MR) is 78.8 cm³/mol. The van der Waals surface area contributed by atoms with Crippen molar-refractivity contribution in [2.45, 2.75) is 58.5 Å². The molecule has 0 aliphatic heterocycles. The summed E-state index contributed by atoms with van der Waals surface area (Å²) >= 11 is 6.34. The molecule has 3 atom stereocenters. The topological polar surface area (TPSA) is 55.9 Å². The zero-order chi connectivity index (χ0) is 14.0. The van der Waals surface area contributed by atoms with Gasteiger partial charge in [-0.2, -0.15) is 5.10 Å². The van der Waals surface area contributed by atoms with Gasteiger partial charge < -0.3 is 0 Å². The van der Waals surface area contributed by atoms with E-state index in [0.717, 1.165) is 16.6 Å². The molecule has 1 aromatic rings. The maximum absolute atomic E-state index is 6.34. The average Bonchev–Trinajstić information content (AvgIpc) is 2.73. The zero-order valence-corrected chi connectivity index (χ0v) is 12.8. The first-order chi connectivity index (χ1) is 9.04.